The first-order valence-corrected chi connectivity index (χ1v) is 19.2. The second-order valence-corrected chi connectivity index (χ2v) is 15.2. The third-order valence-electron chi connectivity index (χ3n) is 11.1. The molecule has 2 aliphatic carbocycles. The van der Waals surface area contributed by atoms with E-state index in [1.165, 1.54) is 76.1 Å². The minimum absolute atomic E-state index is 0.970. The van der Waals surface area contributed by atoms with Crippen LogP contribution in [-0.2, 0) is 12.8 Å². The number of nitrogens with zero attached hydrogens (tertiary/aromatic N) is 2. The van der Waals surface area contributed by atoms with Crippen molar-refractivity contribution in [2.75, 3.05) is 9.80 Å². The fraction of sp³-hybridized carbons (Fsp3) is 0.0400. The highest BCUT2D eigenvalue weighted by atomic mass is 32.1. The standard InChI is InChI=1S/C50H34N2S/c1-3-13-37(14-4-1)51(39-19-23-45-35(29-39)27-33-11-7-9-17-43(33)45)41-22-26-49-48(31-41)47-25-21-42(32-50(47)53-49)52(38-15-5-2-6-16-38)40-20-24-46-36(30-40)28-34-12-8-10-18-44(34)46/h1-26,29-32H,27-28H2. The fourth-order valence-corrected chi connectivity index (χ4v) is 9.74. The number of para-hydroxylation sites is 2. The molecule has 0 radical (unpaired) electrons. The number of anilines is 6. The van der Waals surface area contributed by atoms with Crippen LogP contribution in [-0.4, -0.2) is 0 Å². The van der Waals surface area contributed by atoms with E-state index in [9.17, 15) is 0 Å². The van der Waals surface area contributed by atoms with Crippen molar-refractivity contribution in [2.24, 2.45) is 0 Å². The van der Waals surface area contributed by atoms with Gasteiger partial charge in [-0.1, -0.05) is 103 Å². The van der Waals surface area contributed by atoms with Crippen LogP contribution < -0.4 is 9.80 Å². The van der Waals surface area contributed by atoms with Crippen LogP contribution in [0.2, 0.25) is 0 Å². The lowest BCUT2D eigenvalue weighted by Gasteiger charge is -2.26. The molecule has 2 nitrogen and oxygen atoms in total. The van der Waals surface area contributed by atoms with Crippen LogP contribution in [0.1, 0.15) is 22.3 Å². The van der Waals surface area contributed by atoms with Gasteiger partial charge in [0, 0.05) is 54.3 Å². The topological polar surface area (TPSA) is 6.48 Å². The Bertz CT molecular complexity index is 2850. The first-order chi connectivity index (χ1) is 26.2. The van der Waals surface area contributed by atoms with Crippen molar-refractivity contribution < 1.29 is 0 Å². The fourth-order valence-electron chi connectivity index (χ4n) is 8.62. The molecule has 53 heavy (non-hydrogen) atoms. The van der Waals surface area contributed by atoms with E-state index in [1.54, 1.807) is 0 Å². The Hall–Kier alpha value is -6.42. The van der Waals surface area contributed by atoms with Crippen LogP contribution in [0.15, 0.2) is 182 Å². The number of rotatable bonds is 6. The van der Waals surface area contributed by atoms with Crippen LogP contribution >= 0.6 is 11.3 Å². The van der Waals surface area contributed by atoms with E-state index in [0.29, 0.717) is 0 Å². The Morgan fingerprint density at radius 1 is 0.302 bits per heavy atom. The van der Waals surface area contributed by atoms with Crippen molar-refractivity contribution >= 4 is 65.6 Å². The predicted molar refractivity (Wildman–Crippen MR) is 225 cm³/mol. The van der Waals surface area contributed by atoms with Crippen molar-refractivity contribution in [1.82, 2.24) is 0 Å². The summed E-state index contributed by atoms with van der Waals surface area (Å²) < 4.78 is 2.57. The molecule has 8 aromatic carbocycles. The van der Waals surface area contributed by atoms with E-state index >= 15 is 0 Å². The zero-order chi connectivity index (χ0) is 34.9. The molecule has 11 rings (SSSR count). The lowest BCUT2D eigenvalue weighted by Crippen LogP contribution is -2.10. The van der Waals surface area contributed by atoms with Gasteiger partial charge in [-0.2, -0.15) is 0 Å². The number of hydrogen-bond acceptors (Lipinski definition) is 3. The van der Waals surface area contributed by atoms with Gasteiger partial charge < -0.3 is 9.80 Å². The Kier molecular flexibility index (Phi) is 6.89. The maximum Gasteiger partial charge on any atom is 0.0476 e. The molecule has 0 atom stereocenters. The maximum atomic E-state index is 2.41. The van der Waals surface area contributed by atoms with Gasteiger partial charge in [-0.15, -0.1) is 11.3 Å². The highest BCUT2D eigenvalue weighted by molar-refractivity contribution is 7.25. The number of thiophene rings is 1. The molecular formula is C50H34N2S. The summed E-state index contributed by atoms with van der Waals surface area (Å²) in [5, 5.41) is 2.57. The molecule has 0 saturated heterocycles. The molecule has 0 unspecified atom stereocenters. The Labute approximate surface area is 313 Å². The van der Waals surface area contributed by atoms with Crippen LogP contribution in [0.25, 0.3) is 42.4 Å². The summed E-state index contributed by atoms with van der Waals surface area (Å²) in [7, 11) is 0. The van der Waals surface area contributed by atoms with Crippen molar-refractivity contribution in [2.45, 2.75) is 12.8 Å². The SMILES string of the molecule is c1ccc(N(c2ccc3c(c2)Cc2ccccc2-3)c2ccc3c(c2)sc2ccc(N(c4ccccc4)c4ccc5c(c4)Cc4ccccc4-5)cc23)cc1. The molecule has 0 spiro atoms. The number of benzene rings is 8. The predicted octanol–water partition coefficient (Wildman–Crippen LogP) is 14.1. The average molecular weight is 695 g/mol. The van der Waals surface area contributed by atoms with Gasteiger partial charge in [-0.25, -0.2) is 0 Å². The summed E-state index contributed by atoms with van der Waals surface area (Å²) in [5.74, 6) is 0. The smallest absolute Gasteiger partial charge is 0.0476 e. The summed E-state index contributed by atoms with van der Waals surface area (Å²) in [5.41, 5.74) is 18.0. The van der Waals surface area contributed by atoms with E-state index in [0.717, 1.165) is 35.6 Å². The largest absolute Gasteiger partial charge is 0.310 e. The summed E-state index contributed by atoms with van der Waals surface area (Å²) >= 11 is 1.87. The highest BCUT2D eigenvalue weighted by Gasteiger charge is 2.23. The van der Waals surface area contributed by atoms with E-state index in [1.807, 2.05) is 11.3 Å². The molecule has 0 fully saturated rings. The average Bonchev–Trinajstić information content (AvgIpc) is 3.89. The minimum Gasteiger partial charge on any atom is -0.310 e. The van der Waals surface area contributed by atoms with Gasteiger partial charge in [-0.3, -0.25) is 0 Å². The van der Waals surface area contributed by atoms with Gasteiger partial charge in [0.25, 0.3) is 0 Å². The molecular weight excluding hydrogens is 661 g/mol. The zero-order valence-corrected chi connectivity index (χ0v) is 29.9. The second kappa shape index (κ2) is 12.1. The van der Waals surface area contributed by atoms with Gasteiger partial charge in [0.15, 0.2) is 0 Å². The van der Waals surface area contributed by atoms with Crippen LogP contribution in [0.3, 0.4) is 0 Å². The van der Waals surface area contributed by atoms with Gasteiger partial charge in [0.05, 0.1) is 0 Å². The van der Waals surface area contributed by atoms with E-state index in [4.69, 9.17) is 0 Å². The molecule has 1 aromatic heterocycles. The normalized spacial score (nSPS) is 12.4. The van der Waals surface area contributed by atoms with E-state index in [-0.39, 0.29) is 0 Å². The quantitative estimate of drug-likeness (QED) is 0.171. The number of fused-ring (bicyclic) bond motifs is 9. The summed E-state index contributed by atoms with van der Waals surface area (Å²) in [6, 6.07) is 67.1. The van der Waals surface area contributed by atoms with Crippen molar-refractivity contribution in [3.05, 3.63) is 204 Å². The Morgan fingerprint density at radius 3 is 1.34 bits per heavy atom. The van der Waals surface area contributed by atoms with Crippen molar-refractivity contribution in [1.29, 1.82) is 0 Å². The molecule has 9 aromatic rings. The highest BCUT2D eigenvalue weighted by Crippen LogP contribution is 2.46. The third kappa shape index (κ3) is 5.00. The Morgan fingerprint density at radius 2 is 0.755 bits per heavy atom. The molecule has 0 N–H and O–H groups in total. The molecule has 1 heterocycles. The van der Waals surface area contributed by atoms with Crippen molar-refractivity contribution in [3.8, 4) is 22.3 Å². The van der Waals surface area contributed by atoms with Crippen LogP contribution in [0.5, 0.6) is 0 Å². The minimum atomic E-state index is 0.970. The van der Waals surface area contributed by atoms with Gasteiger partial charge in [-0.05, 0) is 136 Å². The lowest BCUT2D eigenvalue weighted by molar-refractivity contribution is 1.23. The first kappa shape index (κ1) is 30.2. The van der Waals surface area contributed by atoms with Crippen molar-refractivity contribution in [3.63, 3.8) is 0 Å². The molecule has 250 valence electrons. The van der Waals surface area contributed by atoms with Crippen LogP contribution in [0, 0.1) is 0 Å². The summed E-state index contributed by atoms with van der Waals surface area (Å²) in [6.45, 7) is 0. The molecule has 0 saturated carbocycles. The van der Waals surface area contributed by atoms with Crippen LogP contribution in [0.4, 0.5) is 34.1 Å². The maximum absolute atomic E-state index is 2.41. The van der Waals surface area contributed by atoms with E-state index in [2.05, 4.69) is 192 Å². The van der Waals surface area contributed by atoms with Gasteiger partial charge in [0.1, 0.15) is 0 Å². The third-order valence-corrected chi connectivity index (χ3v) is 12.2. The Balaban J connectivity index is 1.00. The van der Waals surface area contributed by atoms with Gasteiger partial charge >= 0.3 is 0 Å². The lowest BCUT2D eigenvalue weighted by atomic mass is 10.0. The monoisotopic (exact) mass is 694 g/mol. The second-order valence-electron chi connectivity index (χ2n) is 14.2. The number of hydrogen-bond donors (Lipinski definition) is 0. The summed E-state index contributed by atoms with van der Waals surface area (Å²) in [6.07, 6.45) is 1.94. The molecule has 3 heteroatoms. The molecule has 0 bridgehead atoms. The zero-order valence-electron chi connectivity index (χ0n) is 29.0. The molecule has 0 amide bonds. The van der Waals surface area contributed by atoms with Gasteiger partial charge in [0.2, 0.25) is 0 Å². The molecule has 2 aliphatic rings. The first-order valence-electron chi connectivity index (χ1n) is 18.3. The van der Waals surface area contributed by atoms with E-state index < -0.39 is 0 Å². The summed E-state index contributed by atoms with van der Waals surface area (Å²) in [4.78, 5) is 4.81. The molecule has 0 aliphatic heterocycles.